The largest absolute Gasteiger partial charge is 0.486 e. The minimum Gasteiger partial charge on any atom is -0.486 e. The molecule has 5 nitrogen and oxygen atoms in total. The van der Waals surface area contributed by atoms with Gasteiger partial charge in [0.2, 0.25) is 0 Å². The Labute approximate surface area is 111 Å². The second kappa shape index (κ2) is 4.91. The first kappa shape index (κ1) is 12.0. The monoisotopic (exact) mass is 261 g/mol. The zero-order valence-electron chi connectivity index (χ0n) is 10.8. The smallest absolute Gasteiger partial charge is 0.191 e. The second-order valence-corrected chi connectivity index (χ2v) is 4.53. The average Bonchev–Trinajstić information content (AvgIpc) is 2.90. The molecule has 0 N–H and O–H groups in total. The van der Waals surface area contributed by atoms with Crippen molar-refractivity contribution in [3.8, 4) is 11.5 Å². The summed E-state index contributed by atoms with van der Waals surface area (Å²) < 4.78 is 16.3. The number of fused-ring (bicyclic) bond motifs is 1. The van der Waals surface area contributed by atoms with Crippen molar-refractivity contribution in [2.75, 3.05) is 26.4 Å². The summed E-state index contributed by atoms with van der Waals surface area (Å²) >= 11 is 0. The van der Waals surface area contributed by atoms with E-state index in [-0.39, 0.29) is 12.2 Å². The number of aliphatic imine (C=N–C) groups is 1. The highest BCUT2D eigenvalue weighted by molar-refractivity contribution is 6.08. The Morgan fingerprint density at radius 2 is 1.89 bits per heavy atom. The quantitative estimate of drug-likeness (QED) is 0.778. The lowest BCUT2D eigenvalue weighted by atomic mass is 10.0. The van der Waals surface area contributed by atoms with E-state index in [1.54, 1.807) is 6.07 Å². The molecule has 2 heterocycles. The number of ketones is 1. The first-order valence-corrected chi connectivity index (χ1v) is 6.33. The molecular weight excluding hydrogens is 246 g/mol. The van der Waals surface area contributed by atoms with E-state index in [1.165, 1.54) is 0 Å². The van der Waals surface area contributed by atoms with Crippen LogP contribution in [0.15, 0.2) is 17.1 Å². The number of hydrogen-bond acceptors (Lipinski definition) is 5. The van der Waals surface area contributed by atoms with Gasteiger partial charge in [-0.05, 0) is 24.6 Å². The zero-order chi connectivity index (χ0) is 13.2. The van der Waals surface area contributed by atoms with Crippen LogP contribution in [0.25, 0.3) is 0 Å². The molecule has 100 valence electrons. The third-order valence-corrected chi connectivity index (χ3v) is 3.15. The summed E-state index contributed by atoms with van der Waals surface area (Å²) in [6.07, 6.45) is 0.209. The number of hydrogen-bond donors (Lipinski definition) is 0. The van der Waals surface area contributed by atoms with Crippen LogP contribution in [0.4, 0.5) is 0 Å². The highest BCUT2D eigenvalue weighted by atomic mass is 16.6. The third-order valence-electron chi connectivity index (χ3n) is 3.15. The molecule has 0 saturated carbocycles. The summed E-state index contributed by atoms with van der Waals surface area (Å²) in [7, 11) is 0. The SMILES string of the molecule is Cc1cc2c(cc1C(=O)CC1=NCCO1)OCCO2. The Kier molecular flexibility index (Phi) is 3.11. The van der Waals surface area contributed by atoms with Gasteiger partial charge in [0.05, 0.1) is 13.0 Å². The number of aryl methyl sites for hydroxylation is 1. The minimum atomic E-state index is -0.00452. The summed E-state index contributed by atoms with van der Waals surface area (Å²) in [4.78, 5) is 16.4. The predicted molar refractivity (Wildman–Crippen MR) is 69.4 cm³/mol. The summed E-state index contributed by atoms with van der Waals surface area (Å²) in [6.45, 7) is 4.16. The molecule has 5 heteroatoms. The number of carbonyl (C=O) groups excluding carboxylic acids is 1. The Morgan fingerprint density at radius 1 is 1.16 bits per heavy atom. The van der Waals surface area contributed by atoms with Crippen molar-refractivity contribution in [3.05, 3.63) is 23.3 Å². The second-order valence-electron chi connectivity index (χ2n) is 4.53. The molecule has 0 aliphatic carbocycles. The van der Waals surface area contributed by atoms with Crippen molar-refractivity contribution in [2.45, 2.75) is 13.3 Å². The number of ether oxygens (including phenoxy) is 3. The van der Waals surface area contributed by atoms with Gasteiger partial charge < -0.3 is 14.2 Å². The Hall–Kier alpha value is -2.04. The zero-order valence-corrected chi connectivity index (χ0v) is 10.8. The van der Waals surface area contributed by atoms with Crippen LogP contribution in [-0.4, -0.2) is 38.0 Å². The standard InChI is InChI=1S/C14H15NO4/c1-9-6-12-13(18-5-4-17-12)7-10(9)11(16)8-14-15-2-3-19-14/h6-7H,2-5,8H2,1H3. The van der Waals surface area contributed by atoms with Crippen molar-refractivity contribution >= 4 is 11.7 Å². The molecule has 1 aromatic carbocycles. The molecule has 1 aromatic rings. The Morgan fingerprint density at radius 3 is 2.58 bits per heavy atom. The molecule has 19 heavy (non-hydrogen) atoms. The molecule has 0 aromatic heterocycles. The van der Waals surface area contributed by atoms with Crippen LogP contribution in [0.2, 0.25) is 0 Å². The molecule has 0 bridgehead atoms. The van der Waals surface area contributed by atoms with Gasteiger partial charge in [0, 0.05) is 5.56 Å². The topological polar surface area (TPSA) is 57.1 Å². The summed E-state index contributed by atoms with van der Waals surface area (Å²) in [6, 6.07) is 3.60. The highest BCUT2D eigenvalue weighted by Crippen LogP contribution is 2.33. The molecule has 3 rings (SSSR count). The first-order chi connectivity index (χ1) is 9.24. The van der Waals surface area contributed by atoms with Gasteiger partial charge in [-0.25, -0.2) is 0 Å². The van der Waals surface area contributed by atoms with Crippen LogP contribution in [0.3, 0.4) is 0 Å². The minimum absolute atomic E-state index is 0.00452. The van der Waals surface area contributed by atoms with Gasteiger partial charge in [0.25, 0.3) is 0 Å². The molecule has 2 aliphatic heterocycles. The molecule has 0 spiro atoms. The van der Waals surface area contributed by atoms with Gasteiger partial charge in [0.1, 0.15) is 19.8 Å². The maximum atomic E-state index is 12.3. The van der Waals surface area contributed by atoms with Crippen LogP contribution in [-0.2, 0) is 4.74 Å². The molecule has 0 unspecified atom stereocenters. The van der Waals surface area contributed by atoms with E-state index >= 15 is 0 Å². The van der Waals surface area contributed by atoms with Crippen LogP contribution < -0.4 is 9.47 Å². The maximum Gasteiger partial charge on any atom is 0.191 e. The van der Waals surface area contributed by atoms with Crippen LogP contribution in [0.5, 0.6) is 11.5 Å². The molecule has 2 aliphatic rings. The lowest BCUT2D eigenvalue weighted by molar-refractivity contribution is 0.0992. The van der Waals surface area contributed by atoms with Crippen molar-refractivity contribution in [2.24, 2.45) is 4.99 Å². The van der Waals surface area contributed by atoms with E-state index in [0.29, 0.717) is 49.3 Å². The average molecular weight is 261 g/mol. The van der Waals surface area contributed by atoms with Gasteiger partial charge in [0.15, 0.2) is 23.2 Å². The van der Waals surface area contributed by atoms with Gasteiger partial charge >= 0.3 is 0 Å². The molecule has 0 atom stereocenters. The fraction of sp³-hybridized carbons (Fsp3) is 0.429. The van der Waals surface area contributed by atoms with Crippen LogP contribution >= 0.6 is 0 Å². The maximum absolute atomic E-state index is 12.3. The summed E-state index contributed by atoms with van der Waals surface area (Å²) in [5.74, 6) is 1.86. The molecule has 0 amide bonds. The number of Topliss-reactive ketones (excluding diaryl/α,β-unsaturated/α-hetero) is 1. The van der Waals surface area contributed by atoms with E-state index < -0.39 is 0 Å². The van der Waals surface area contributed by atoms with Crippen molar-refractivity contribution in [1.29, 1.82) is 0 Å². The Bertz CT molecular complexity index is 551. The fourth-order valence-electron chi connectivity index (χ4n) is 2.21. The van der Waals surface area contributed by atoms with Crippen molar-refractivity contribution in [1.82, 2.24) is 0 Å². The fourth-order valence-corrected chi connectivity index (χ4v) is 2.21. The van der Waals surface area contributed by atoms with Crippen molar-refractivity contribution in [3.63, 3.8) is 0 Å². The van der Waals surface area contributed by atoms with Crippen LogP contribution in [0.1, 0.15) is 22.3 Å². The summed E-state index contributed by atoms with van der Waals surface area (Å²) in [5, 5.41) is 0. The summed E-state index contributed by atoms with van der Waals surface area (Å²) in [5.41, 5.74) is 1.52. The van der Waals surface area contributed by atoms with Crippen LogP contribution in [0, 0.1) is 6.92 Å². The number of benzene rings is 1. The van der Waals surface area contributed by atoms with Gasteiger partial charge in [-0.15, -0.1) is 0 Å². The molecule has 0 saturated heterocycles. The normalized spacial score (nSPS) is 16.8. The molecule has 0 fully saturated rings. The van der Waals surface area contributed by atoms with E-state index in [0.717, 1.165) is 5.56 Å². The third kappa shape index (κ3) is 2.41. The number of carbonyl (C=O) groups is 1. The van der Waals surface area contributed by atoms with E-state index in [2.05, 4.69) is 4.99 Å². The predicted octanol–water partition coefficient (Wildman–Crippen LogP) is 1.77. The van der Waals surface area contributed by atoms with E-state index in [1.807, 2.05) is 13.0 Å². The van der Waals surface area contributed by atoms with E-state index in [4.69, 9.17) is 14.2 Å². The number of nitrogens with zero attached hydrogens (tertiary/aromatic N) is 1. The number of rotatable bonds is 3. The van der Waals surface area contributed by atoms with Crippen molar-refractivity contribution < 1.29 is 19.0 Å². The van der Waals surface area contributed by atoms with Gasteiger partial charge in [-0.1, -0.05) is 0 Å². The molecular formula is C14H15NO4. The first-order valence-electron chi connectivity index (χ1n) is 6.33. The van der Waals surface area contributed by atoms with Gasteiger partial charge in [-0.2, -0.15) is 0 Å². The Balaban J connectivity index is 1.85. The van der Waals surface area contributed by atoms with E-state index in [9.17, 15) is 4.79 Å². The lowest BCUT2D eigenvalue weighted by Gasteiger charge is -2.20. The lowest BCUT2D eigenvalue weighted by Crippen LogP contribution is -2.17. The molecule has 0 radical (unpaired) electrons. The van der Waals surface area contributed by atoms with Gasteiger partial charge in [-0.3, -0.25) is 9.79 Å². The highest BCUT2D eigenvalue weighted by Gasteiger charge is 2.20.